The number of carbonyl (C=O) groups excluding carboxylic acids is 2. The zero-order chi connectivity index (χ0) is 15.0. The number of aromatic nitrogens is 3. The second-order valence-corrected chi connectivity index (χ2v) is 3.90. The first kappa shape index (κ1) is 15.6. The second-order valence-electron chi connectivity index (χ2n) is 3.90. The Kier molecular flexibility index (Phi) is 6.14. The molecule has 9 nitrogen and oxygen atoms in total. The maximum Gasteiger partial charge on any atom is 0.326 e. The first-order valence-electron chi connectivity index (χ1n) is 6.03. The summed E-state index contributed by atoms with van der Waals surface area (Å²) < 4.78 is 5.96. The number of hydrogen-bond donors (Lipinski definition) is 2. The van der Waals surface area contributed by atoms with Crippen LogP contribution in [-0.2, 0) is 25.7 Å². The number of amides is 1. The molecule has 1 atom stereocenters. The third kappa shape index (κ3) is 5.46. The van der Waals surface area contributed by atoms with E-state index in [1.165, 1.54) is 17.3 Å². The van der Waals surface area contributed by atoms with Crippen molar-refractivity contribution < 1.29 is 24.2 Å². The Hall–Kier alpha value is -2.45. The molecule has 1 amide bonds. The van der Waals surface area contributed by atoms with Crippen molar-refractivity contribution in [3.63, 3.8) is 0 Å². The molecule has 20 heavy (non-hydrogen) atoms. The van der Waals surface area contributed by atoms with Crippen molar-refractivity contribution in [2.45, 2.75) is 32.4 Å². The predicted molar refractivity (Wildman–Crippen MR) is 65.5 cm³/mol. The van der Waals surface area contributed by atoms with E-state index < -0.39 is 23.9 Å². The fourth-order valence-corrected chi connectivity index (χ4v) is 1.45. The number of carboxylic acids is 1. The summed E-state index contributed by atoms with van der Waals surface area (Å²) in [5.74, 6) is -2.22. The first-order valence-corrected chi connectivity index (χ1v) is 6.03. The quantitative estimate of drug-likeness (QED) is 0.598. The molecule has 1 aromatic heterocycles. The lowest BCUT2D eigenvalue weighted by atomic mass is 10.1. The average Bonchev–Trinajstić information content (AvgIpc) is 2.87. The van der Waals surface area contributed by atoms with Crippen molar-refractivity contribution >= 4 is 17.8 Å². The molecule has 0 aliphatic carbocycles. The number of aliphatic carboxylic acids is 1. The van der Waals surface area contributed by atoms with Crippen molar-refractivity contribution in [2.75, 3.05) is 6.61 Å². The van der Waals surface area contributed by atoms with E-state index in [1.807, 2.05) is 0 Å². The summed E-state index contributed by atoms with van der Waals surface area (Å²) in [7, 11) is 0. The molecule has 9 heteroatoms. The minimum atomic E-state index is -1.21. The van der Waals surface area contributed by atoms with Crippen LogP contribution in [0.5, 0.6) is 0 Å². The fourth-order valence-electron chi connectivity index (χ4n) is 1.45. The summed E-state index contributed by atoms with van der Waals surface area (Å²) in [6, 6.07) is -1.14. The lowest BCUT2D eigenvalue weighted by molar-refractivity contribution is -0.145. The highest BCUT2D eigenvalue weighted by molar-refractivity contribution is 5.83. The van der Waals surface area contributed by atoms with Crippen LogP contribution in [0.3, 0.4) is 0 Å². The minimum Gasteiger partial charge on any atom is -0.480 e. The van der Waals surface area contributed by atoms with Crippen LogP contribution >= 0.6 is 0 Å². The van der Waals surface area contributed by atoms with Gasteiger partial charge in [0.25, 0.3) is 0 Å². The average molecular weight is 284 g/mol. The van der Waals surface area contributed by atoms with E-state index >= 15 is 0 Å². The normalized spacial score (nSPS) is 11.7. The molecule has 0 aliphatic heterocycles. The van der Waals surface area contributed by atoms with Gasteiger partial charge in [-0.1, -0.05) is 0 Å². The van der Waals surface area contributed by atoms with Gasteiger partial charge >= 0.3 is 11.9 Å². The number of carboxylic acid groups (broad SMARTS) is 1. The van der Waals surface area contributed by atoms with Gasteiger partial charge in [0.15, 0.2) is 0 Å². The van der Waals surface area contributed by atoms with Crippen molar-refractivity contribution in [1.29, 1.82) is 0 Å². The van der Waals surface area contributed by atoms with Crippen LogP contribution < -0.4 is 5.32 Å². The van der Waals surface area contributed by atoms with Gasteiger partial charge in [0, 0.05) is 6.42 Å². The lowest BCUT2D eigenvalue weighted by Gasteiger charge is -2.13. The first-order chi connectivity index (χ1) is 9.52. The molecule has 0 unspecified atom stereocenters. The number of nitrogens with one attached hydrogen (secondary N) is 1. The zero-order valence-electron chi connectivity index (χ0n) is 11.0. The van der Waals surface area contributed by atoms with E-state index in [0.29, 0.717) is 0 Å². The standard InChI is InChI=1S/C11H16N4O5/c1-2-20-10(17)4-3-8(11(18)19)14-9(16)5-15-7-12-6-13-15/h6-8H,2-5H2,1H3,(H,14,16)(H,18,19)/t8-/m0/s1. The highest BCUT2D eigenvalue weighted by atomic mass is 16.5. The Labute approximate surface area is 114 Å². The molecule has 0 fully saturated rings. The molecule has 0 aliphatic rings. The van der Waals surface area contributed by atoms with Gasteiger partial charge in [-0.2, -0.15) is 5.10 Å². The topological polar surface area (TPSA) is 123 Å². The molecule has 1 aromatic rings. The molecule has 110 valence electrons. The molecule has 2 N–H and O–H groups in total. The SMILES string of the molecule is CCOC(=O)CC[C@H](NC(=O)Cn1cncn1)C(=O)O. The molecular weight excluding hydrogens is 268 g/mol. The minimum absolute atomic E-state index is 0.0305. The number of ether oxygens (including phenoxy) is 1. The van der Waals surface area contributed by atoms with Crippen LogP contribution in [0.15, 0.2) is 12.7 Å². The Morgan fingerprint density at radius 1 is 1.45 bits per heavy atom. The summed E-state index contributed by atoms with van der Waals surface area (Å²) in [4.78, 5) is 37.4. The monoisotopic (exact) mass is 284 g/mol. The van der Waals surface area contributed by atoms with E-state index in [2.05, 4.69) is 15.4 Å². The van der Waals surface area contributed by atoms with Gasteiger partial charge in [0.05, 0.1) is 6.61 Å². The number of nitrogens with zero attached hydrogens (tertiary/aromatic N) is 3. The fraction of sp³-hybridized carbons (Fsp3) is 0.545. The molecule has 0 radical (unpaired) electrons. The lowest BCUT2D eigenvalue weighted by Crippen LogP contribution is -2.42. The molecule has 0 bridgehead atoms. The smallest absolute Gasteiger partial charge is 0.326 e. The van der Waals surface area contributed by atoms with E-state index in [9.17, 15) is 14.4 Å². The van der Waals surface area contributed by atoms with Crippen LogP contribution in [-0.4, -0.2) is 50.4 Å². The maximum absolute atomic E-state index is 11.6. The van der Waals surface area contributed by atoms with Crippen molar-refractivity contribution in [2.24, 2.45) is 0 Å². The largest absolute Gasteiger partial charge is 0.480 e. The van der Waals surface area contributed by atoms with Gasteiger partial charge in [-0.25, -0.2) is 14.5 Å². The van der Waals surface area contributed by atoms with Gasteiger partial charge in [0.2, 0.25) is 5.91 Å². The van der Waals surface area contributed by atoms with Gasteiger partial charge in [-0.3, -0.25) is 9.59 Å². The van der Waals surface area contributed by atoms with Crippen LogP contribution in [0.2, 0.25) is 0 Å². The molecule has 0 saturated heterocycles. The van der Waals surface area contributed by atoms with Crippen LogP contribution in [0.1, 0.15) is 19.8 Å². The van der Waals surface area contributed by atoms with E-state index in [1.54, 1.807) is 6.92 Å². The Morgan fingerprint density at radius 2 is 2.20 bits per heavy atom. The van der Waals surface area contributed by atoms with Crippen LogP contribution in [0, 0.1) is 0 Å². The molecular formula is C11H16N4O5. The highest BCUT2D eigenvalue weighted by Crippen LogP contribution is 2.00. The molecule has 0 spiro atoms. The number of carbonyl (C=O) groups is 3. The predicted octanol–water partition coefficient (Wildman–Crippen LogP) is -0.809. The summed E-state index contributed by atoms with van der Waals surface area (Å²) >= 11 is 0. The number of esters is 1. The van der Waals surface area contributed by atoms with E-state index in [-0.39, 0.29) is 26.0 Å². The van der Waals surface area contributed by atoms with Crippen LogP contribution in [0.4, 0.5) is 0 Å². The maximum atomic E-state index is 11.6. The van der Waals surface area contributed by atoms with Crippen LogP contribution in [0.25, 0.3) is 0 Å². The van der Waals surface area contributed by atoms with Crippen molar-refractivity contribution in [3.8, 4) is 0 Å². The molecule has 0 saturated carbocycles. The molecule has 0 aromatic carbocycles. The van der Waals surface area contributed by atoms with Gasteiger partial charge in [-0.05, 0) is 13.3 Å². The Morgan fingerprint density at radius 3 is 2.75 bits per heavy atom. The number of hydrogen-bond acceptors (Lipinski definition) is 6. The van der Waals surface area contributed by atoms with E-state index in [0.717, 1.165) is 0 Å². The third-order valence-electron chi connectivity index (χ3n) is 2.35. The summed E-state index contributed by atoms with van der Waals surface area (Å²) in [6.07, 6.45) is 2.50. The van der Waals surface area contributed by atoms with Gasteiger partial charge in [-0.15, -0.1) is 0 Å². The molecule has 1 heterocycles. The zero-order valence-corrected chi connectivity index (χ0v) is 11.0. The summed E-state index contributed by atoms with van der Waals surface area (Å²) in [5.41, 5.74) is 0. The summed E-state index contributed by atoms with van der Waals surface area (Å²) in [5, 5.41) is 15.0. The van der Waals surface area contributed by atoms with Gasteiger partial charge in [0.1, 0.15) is 25.2 Å². The Bertz CT molecular complexity index is 459. The molecule has 1 rings (SSSR count). The second kappa shape index (κ2) is 7.87. The van der Waals surface area contributed by atoms with Crippen molar-refractivity contribution in [3.05, 3.63) is 12.7 Å². The van der Waals surface area contributed by atoms with Crippen molar-refractivity contribution in [1.82, 2.24) is 20.1 Å². The third-order valence-corrected chi connectivity index (χ3v) is 2.35. The van der Waals surface area contributed by atoms with E-state index in [4.69, 9.17) is 9.84 Å². The Balaban J connectivity index is 2.44. The summed E-state index contributed by atoms with van der Waals surface area (Å²) in [6.45, 7) is 1.75. The highest BCUT2D eigenvalue weighted by Gasteiger charge is 2.21. The number of rotatable bonds is 8. The van der Waals surface area contributed by atoms with Gasteiger partial charge < -0.3 is 15.2 Å².